The van der Waals surface area contributed by atoms with Crippen molar-refractivity contribution in [2.75, 3.05) is 51.9 Å². The second-order valence-corrected chi connectivity index (χ2v) is 6.88. The van der Waals surface area contributed by atoms with Gasteiger partial charge in [0.1, 0.15) is 0 Å². The van der Waals surface area contributed by atoms with E-state index in [1.54, 1.807) is 19.2 Å². The van der Waals surface area contributed by atoms with Crippen molar-refractivity contribution < 1.29 is 19.1 Å². The molecule has 1 aromatic rings. The van der Waals surface area contributed by atoms with Crippen LogP contribution >= 0.6 is 0 Å². The molecule has 1 heterocycles. The van der Waals surface area contributed by atoms with E-state index in [-0.39, 0.29) is 17.3 Å². The molecule has 1 saturated heterocycles. The first kappa shape index (κ1) is 17.7. The minimum absolute atomic E-state index is 0.251. The molecule has 0 unspecified atom stereocenters. The summed E-state index contributed by atoms with van der Waals surface area (Å²) < 4.78 is 10.0. The molecule has 6 nitrogen and oxygen atoms in total. The molecule has 6 heteroatoms. The zero-order chi connectivity index (χ0) is 17.9. The van der Waals surface area contributed by atoms with Gasteiger partial charge in [0.25, 0.3) is 0 Å². The quantitative estimate of drug-likeness (QED) is 0.763. The monoisotopic (exact) mass is 346 g/mol. The van der Waals surface area contributed by atoms with Crippen LogP contribution in [0.5, 0.6) is 0 Å². The number of ether oxygens (including phenoxy) is 2. The SMILES string of the molecule is COCC1(C(=O)N2CCN(c3ccc(C(=O)OC)cc3)CC2)CCC1. The van der Waals surface area contributed by atoms with E-state index in [4.69, 9.17) is 9.47 Å². The van der Waals surface area contributed by atoms with Crippen LogP contribution in [0.25, 0.3) is 0 Å². The predicted molar refractivity (Wildman–Crippen MR) is 94.7 cm³/mol. The van der Waals surface area contributed by atoms with Crippen LogP contribution < -0.4 is 4.90 Å². The Labute approximate surface area is 148 Å². The van der Waals surface area contributed by atoms with E-state index in [1.807, 2.05) is 17.0 Å². The molecule has 2 aliphatic rings. The molecule has 25 heavy (non-hydrogen) atoms. The predicted octanol–water partition coefficient (Wildman–Crippen LogP) is 1.94. The standard InChI is InChI=1S/C19H26N2O4/c1-24-14-19(8-3-9-19)18(23)21-12-10-20(11-13-21)16-6-4-15(5-7-16)17(22)25-2/h4-7H,3,8-14H2,1-2H3. The van der Waals surface area contributed by atoms with Crippen molar-refractivity contribution in [1.29, 1.82) is 0 Å². The Morgan fingerprint density at radius 1 is 1.04 bits per heavy atom. The van der Waals surface area contributed by atoms with Gasteiger partial charge in [-0.15, -0.1) is 0 Å². The molecular weight excluding hydrogens is 320 g/mol. The highest BCUT2D eigenvalue weighted by Gasteiger charge is 2.46. The van der Waals surface area contributed by atoms with Gasteiger partial charge >= 0.3 is 5.97 Å². The lowest BCUT2D eigenvalue weighted by Gasteiger charge is -2.45. The van der Waals surface area contributed by atoms with Gasteiger partial charge in [0.15, 0.2) is 0 Å². The summed E-state index contributed by atoms with van der Waals surface area (Å²) in [4.78, 5) is 28.6. The van der Waals surface area contributed by atoms with Crippen LogP contribution in [0.3, 0.4) is 0 Å². The minimum Gasteiger partial charge on any atom is -0.465 e. The summed E-state index contributed by atoms with van der Waals surface area (Å²) in [7, 11) is 3.05. The van der Waals surface area contributed by atoms with E-state index < -0.39 is 0 Å². The summed E-state index contributed by atoms with van der Waals surface area (Å²) >= 11 is 0. The van der Waals surface area contributed by atoms with Gasteiger partial charge in [-0.3, -0.25) is 4.79 Å². The third-order valence-electron chi connectivity index (χ3n) is 5.41. The Bertz CT molecular complexity index is 617. The van der Waals surface area contributed by atoms with E-state index in [2.05, 4.69) is 4.90 Å². The molecule has 1 aromatic carbocycles. The first-order valence-electron chi connectivity index (χ1n) is 8.81. The van der Waals surface area contributed by atoms with E-state index >= 15 is 0 Å². The van der Waals surface area contributed by atoms with E-state index in [0.29, 0.717) is 12.2 Å². The molecule has 1 amide bonds. The molecule has 2 fully saturated rings. The molecule has 1 saturated carbocycles. The average Bonchev–Trinajstić information content (AvgIpc) is 2.64. The molecule has 0 radical (unpaired) electrons. The van der Waals surface area contributed by atoms with Crippen LogP contribution in [0, 0.1) is 5.41 Å². The summed E-state index contributed by atoms with van der Waals surface area (Å²) in [5.41, 5.74) is 1.33. The fraction of sp³-hybridized carbons (Fsp3) is 0.579. The number of carbonyl (C=O) groups excluding carboxylic acids is 2. The van der Waals surface area contributed by atoms with E-state index in [1.165, 1.54) is 7.11 Å². The number of carbonyl (C=O) groups is 2. The number of methoxy groups -OCH3 is 2. The van der Waals surface area contributed by atoms with Gasteiger partial charge in [0, 0.05) is 39.0 Å². The Hall–Kier alpha value is -2.08. The summed E-state index contributed by atoms with van der Waals surface area (Å²) in [5.74, 6) is -0.0767. The highest BCUT2D eigenvalue weighted by Crippen LogP contribution is 2.43. The number of rotatable bonds is 5. The van der Waals surface area contributed by atoms with Crippen molar-refractivity contribution in [1.82, 2.24) is 4.90 Å². The maximum absolute atomic E-state index is 12.9. The lowest BCUT2D eigenvalue weighted by Crippen LogP contribution is -2.56. The molecule has 1 aliphatic carbocycles. The van der Waals surface area contributed by atoms with E-state index in [0.717, 1.165) is 51.1 Å². The molecule has 136 valence electrons. The third kappa shape index (κ3) is 3.49. The highest BCUT2D eigenvalue weighted by atomic mass is 16.5. The first-order chi connectivity index (χ1) is 12.1. The second-order valence-electron chi connectivity index (χ2n) is 6.88. The number of esters is 1. The smallest absolute Gasteiger partial charge is 0.337 e. The van der Waals surface area contributed by atoms with Crippen LogP contribution in [0.4, 0.5) is 5.69 Å². The zero-order valence-electron chi connectivity index (χ0n) is 15.0. The van der Waals surface area contributed by atoms with Crippen molar-refractivity contribution in [2.45, 2.75) is 19.3 Å². The number of hydrogen-bond donors (Lipinski definition) is 0. The van der Waals surface area contributed by atoms with Crippen LogP contribution in [-0.4, -0.2) is 63.8 Å². The zero-order valence-corrected chi connectivity index (χ0v) is 15.0. The van der Waals surface area contributed by atoms with Gasteiger partial charge in [-0.25, -0.2) is 4.79 Å². The lowest BCUT2D eigenvalue weighted by atomic mass is 9.68. The van der Waals surface area contributed by atoms with Crippen molar-refractivity contribution in [2.24, 2.45) is 5.41 Å². The van der Waals surface area contributed by atoms with Crippen LogP contribution in [-0.2, 0) is 14.3 Å². The molecule has 3 rings (SSSR count). The van der Waals surface area contributed by atoms with Crippen molar-refractivity contribution in [3.05, 3.63) is 29.8 Å². The van der Waals surface area contributed by atoms with Crippen molar-refractivity contribution in [3.63, 3.8) is 0 Å². The number of hydrogen-bond acceptors (Lipinski definition) is 5. The molecule has 0 spiro atoms. The number of benzene rings is 1. The topological polar surface area (TPSA) is 59.1 Å². The van der Waals surface area contributed by atoms with Gasteiger partial charge in [0.05, 0.1) is 24.7 Å². The fourth-order valence-electron chi connectivity index (χ4n) is 3.73. The van der Waals surface area contributed by atoms with E-state index in [9.17, 15) is 9.59 Å². The van der Waals surface area contributed by atoms with Gasteiger partial charge in [-0.05, 0) is 37.1 Å². The third-order valence-corrected chi connectivity index (χ3v) is 5.41. The fourth-order valence-corrected chi connectivity index (χ4v) is 3.73. The Morgan fingerprint density at radius 2 is 1.68 bits per heavy atom. The van der Waals surface area contributed by atoms with Gasteiger partial charge < -0.3 is 19.3 Å². The molecular formula is C19H26N2O4. The van der Waals surface area contributed by atoms with Crippen LogP contribution in [0.15, 0.2) is 24.3 Å². The van der Waals surface area contributed by atoms with Crippen molar-refractivity contribution >= 4 is 17.6 Å². The molecule has 1 aliphatic heterocycles. The minimum atomic E-state index is -0.328. The number of piperazine rings is 1. The molecule has 0 aromatic heterocycles. The van der Waals surface area contributed by atoms with Gasteiger partial charge in [0.2, 0.25) is 5.91 Å². The maximum atomic E-state index is 12.9. The Balaban J connectivity index is 1.58. The summed E-state index contributed by atoms with van der Waals surface area (Å²) in [6.07, 6.45) is 2.99. The summed E-state index contributed by atoms with van der Waals surface area (Å²) in [6, 6.07) is 7.42. The maximum Gasteiger partial charge on any atom is 0.337 e. The average molecular weight is 346 g/mol. The first-order valence-corrected chi connectivity index (χ1v) is 8.81. The molecule has 0 bridgehead atoms. The number of anilines is 1. The van der Waals surface area contributed by atoms with Crippen LogP contribution in [0.1, 0.15) is 29.6 Å². The normalized spacial score (nSPS) is 19.3. The molecule has 0 N–H and O–H groups in total. The number of nitrogens with zero attached hydrogens (tertiary/aromatic N) is 2. The largest absolute Gasteiger partial charge is 0.465 e. The molecule has 0 atom stereocenters. The summed E-state index contributed by atoms with van der Waals surface area (Å²) in [5, 5.41) is 0. The highest BCUT2D eigenvalue weighted by molar-refractivity contribution is 5.89. The summed E-state index contributed by atoms with van der Waals surface area (Å²) in [6.45, 7) is 3.58. The van der Waals surface area contributed by atoms with Crippen molar-refractivity contribution in [3.8, 4) is 0 Å². The van der Waals surface area contributed by atoms with Gasteiger partial charge in [-0.2, -0.15) is 0 Å². The Morgan fingerprint density at radius 3 is 2.16 bits per heavy atom. The van der Waals surface area contributed by atoms with Crippen LogP contribution in [0.2, 0.25) is 0 Å². The number of amides is 1. The van der Waals surface area contributed by atoms with Gasteiger partial charge in [-0.1, -0.05) is 6.42 Å². The Kier molecular flexibility index (Phi) is 5.27. The lowest BCUT2D eigenvalue weighted by molar-refractivity contribution is -0.152. The second kappa shape index (κ2) is 7.44.